The Bertz CT molecular complexity index is 2110. The average Bonchev–Trinajstić information content (AvgIpc) is 4.12. The molecule has 0 N–H and O–H groups in total. The first kappa shape index (κ1) is 64.2. The number of hydrogen-bond donors (Lipinski definition) is 0. The van der Waals surface area contributed by atoms with Crippen LogP contribution in [0.2, 0.25) is 0 Å². The van der Waals surface area contributed by atoms with Crippen LogP contribution >= 0.6 is 15.8 Å². The second-order valence-electron chi connectivity index (χ2n) is 18.2. The molecule has 0 fully saturated rings. The SMILES string of the molecule is CCCCCCP(CCCCCC)c1cc2ccccc2[cH-]1.CCCCCCP(CCCCCC)c1cc2ccccc2[cH-]1.Cc1cc2ccccc2[cH-]1.Cc1cc2ccccc2[cH-]1.[Cl-].[Cl-].[Ti+2].[Ti+2]. The Morgan fingerprint density at radius 2 is 0.574 bits per heavy atom. The van der Waals surface area contributed by atoms with Crippen molar-refractivity contribution in [1.82, 2.24) is 0 Å². The van der Waals surface area contributed by atoms with Gasteiger partial charge in [-0.2, -0.15) is 24.3 Å². The average molecular weight is 1060 g/mol. The van der Waals surface area contributed by atoms with Crippen molar-refractivity contribution < 1.29 is 68.2 Å². The molecule has 8 rings (SSSR count). The van der Waals surface area contributed by atoms with Crippen LogP contribution in [0.3, 0.4) is 0 Å². The van der Waals surface area contributed by atoms with Gasteiger partial charge >= 0.3 is 43.4 Å². The fourth-order valence-corrected chi connectivity index (χ4v) is 14.1. The van der Waals surface area contributed by atoms with Crippen LogP contribution in [0.1, 0.15) is 142 Å². The molecule has 0 spiro atoms. The topological polar surface area (TPSA) is 0 Å². The van der Waals surface area contributed by atoms with Crippen molar-refractivity contribution in [2.24, 2.45) is 0 Å². The predicted octanol–water partition coefficient (Wildman–Crippen LogP) is 13.4. The summed E-state index contributed by atoms with van der Waals surface area (Å²) in [5.74, 6) is 0. The number of halogens is 2. The zero-order valence-electron chi connectivity index (χ0n) is 42.6. The molecular formula is C62H82Cl2P2Ti2-2. The van der Waals surface area contributed by atoms with Crippen LogP contribution in [-0.2, 0) is 43.4 Å². The van der Waals surface area contributed by atoms with Gasteiger partial charge in [0.05, 0.1) is 0 Å². The number of fused-ring (bicyclic) bond motifs is 4. The minimum Gasteiger partial charge on any atom is -1.00 e. The van der Waals surface area contributed by atoms with Crippen LogP contribution in [0.15, 0.2) is 146 Å². The first-order valence-electron chi connectivity index (χ1n) is 25.5. The second kappa shape index (κ2) is 37.9. The third-order valence-corrected chi connectivity index (χ3v) is 18.0. The van der Waals surface area contributed by atoms with E-state index in [2.05, 4.69) is 187 Å². The molecule has 0 aliphatic carbocycles. The summed E-state index contributed by atoms with van der Waals surface area (Å²) in [4.78, 5) is 0. The molecule has 0 saturated carbocycles. The number of rotatable bonds is 22. The third-order valence-electron chi connectivity index (χ3n) is 12.6. The van der Waals surface area contributed by atoms with Gasteiger partial charge in [-0.05, 0) is 50.3 Å². The molecule has 0 aliphatic heterocycles. The molecule has 0 amide bonds. The van der Waals surface area contributed by atoms with E-state index in [4.69, 9.17) is 0 Å². The van der Waals surface area contributed by atoms with Gasteiger partial charge in [-0.15, -0.1) is 162 Å². The minimum atomic E-state index is 0. The summed E-state index contributed by atoms with van der Waals surface area (Å²) in [6.07, 6.45) is 28.1. The summed E-state index contributed by atoms with van der Waals surface area (Å²) in [5, 5.41) is 14.5. The van der Waals surface area contributed by atoms with Crippen molar-refractivity contribution in [3.8, 4) is 0 Å². The van der Waals surface area contributed by atoms with Gasteiger partial charge in [0.15, 0.2) is 0 Å². The van der Waals surface area contributed by atoms with Crippen LogP contribution in [0.4, 0.5) is 0 Å². The standard InChI is InChI=1S/2C21H32P.2C10H9.2ClH.2Ti/c2*1-3-5-7-11-15-22(16-12-8-6-4-2)21-17-19-13-9-10-14-20(19)18-21;2*1-8-6-9-4-2-3-5-10(9)7-8;;;;/h2*9-10,13-14,17-18H,3-8,11-12,15-16H2,1-2H3;2*2-7H,1H3;2*1H;;/q4*-1;;;2*+2/p-2. The van der Waals surface area contributed by atoms with Gasteiger partial charge in [-0.3, -0.25) is 0 Å². The minimum absolute atomic E-state index is 0. The van der Waals surface area contributed by atoms with Gasteiger partial charge < -0.3 is 24.8 Å². The van der Waals surface area contributed by atoms with Crippen LogP contribution in [0.25, 0.3) is 43.1 Å². The molecule has 0 saturated heterocycles. The van der Waals surface area contributed by atoms with E-state index in [1.807, 2.05) is 0 Å². The van der Waals surface area contributed by atoms with Crippen molar-refractivity contribution in [2.75, 3.05) is 24.6 Å². The van der Waals surface area contributed by atoms with E-state index in [9.17, 15) is 0 Å². The Kier molecular flexibility index (Phi) is 35.8. The van der Waals surface area contributed by atoms with E-state index in [0.29, 0.717) is 0 Å². The number of unbranched alkanes of at least 4 members (excludes halogenated alkanes) is 12. The van der Waals surface area contributed by atoms with E-state index in [0.717, 1.165) is 0 Å². The first-order valence-corrected chi connectivity index (χ1v) is 28.9. The largest absolute Gasteiger partial charge is 2.00 e. The third kappa shape index (κ3) is 22.7. The molecule has 0 heterocycles. The Balaban J connectivity index is 0.000000469. The monoisotopic (exact) mass is 1050 g/mol. The van der Waals surface area contributed by atoms with E-state index >= 15 is 0 Å². The van der Waals surface area contributed by atoms with Gasteiger partial charge in [0.2, 0.25) is 0 Å². The normalized spacial score (nSPS) is 10.6. The fraction of sp³-hybridized carbons (Fsp3) is 0.419. The Morgan fingerprint density at radius 3 is 0.824 bits per heavy atom. The molecule has 364 valence electrons. The van der Waals surface area contributed by atoms with E-state index in [-0.39, 0.29) is 84.1 Å². The molecule has 0 unspecified atom stereocenters. The predicted molar refractivity (Wildman–Crippen MR) is 297 cm³/mol. The van der Waals surface area contributed by atoms with Crippen LogP contribution in [-0.4, -0.2) is 24.6 Å². The van der Waals surface area contributed by atoms with Crippen LogP contribution < -0.4 is 35.4 Å². The summed E-state index contributed by atoms with van der Waals surface area (Å²) in [5.41, 5.74) is 2.70. The van der Waals surface area contributed by atoms with Crippen molar-refractivity contribution in [3.63, 3.8) is 0 Å². The van der Waals surface area contributed by atoms with Crippen molar-refractivity contribution >= 4 is 69.5 Å². The second-order valence-corrected chi connectivity index (χ2v) is 23.2. The van der Waals surface area contributed by atoms with Gasteiger partial charge in [0.1, 0.15) is 0 Å². The summed E-state index contributed by atoms with van der Waals surface area (Å²) >= 11 is 0. The molecule has 68 heavy (non-hydrogen) atoms. The van der Waals surface area contributed by atoms with Crippen LogP contribution in [0, 0.1) is 13.8 Å². The molecular weight excluding hydrogens is 973 g/mol. The zero-order chi connectivity index (χ0) is 45.2. The maximum Gasteiger partial charge on any atom is 2.00 e. The maximum atomic E-state index is 2.47. The Labute approximate surface area is 459 Å². The molecule has 0 bridgehead atoms. The van der Waals surface area contributed by atoms with Crippen molar-refractivity contribution in [3.05, 3.63) is 157 Å². The molecule has 6 heteroatoms. The number of hydrogen-bond acceptors (Lipinski definition) is 0. The van der Waals surface area contributed by atoms with E-state index in [1.165, 1.54) is 182 Å². The Morgan fingerprint density at radius 1 is 0.324 bits per heavy atom. The fourth-order valence-electron chi connectivity index (χ4n) is 8.90. The zero-order valence-corrected chi connectivity index (χ0v) is 49.1. The van der Waals surface area contributed by atoms with E-state index in [1.54, 1.807) is 10.6 Å². The van der Waals surface area contributed by atoms with Gasteiger partial charge in [-0.25, -0.2) is 0 Å². The number of benzene rings is 4. The van der Waals surface area contributed by atoms with Crippen LogP contribution in [0.5, 0.6) is 0 Å². The summed E-state index contributed by atoms with van der Waals surface area (Å²) in [6.45, 7) is 13.5. The Hall–Kier alpha value is -1.81. The number of aryl methyl sites for hydroxylation is 2. The maximum absolute atomic E-state index is 2.47. The van der Waals surface area contributed by atoms with E-state index < -0.39 is 0 Å². The smallest absolute Gasteiger partial charge is 1.00 e. The van der Waals surface area contributed by atoms with Gasteiger partial charge in [-0.1, -0.05) is 159 Å². The molecule has 0 aliphatic rings. The van der Waals surface area contributed by atoms with Gasteiger partial charge in [0.25, 0.3) is 0 Å². The summed E-state index contributed by atoms with van der Waals surface area (Å²) < 4.78 is 0. The molecule has 0 radical (unpaired) electrons. The molecule has 0 atom stereocenters. The molecule has 8 aromatic carbocycles. The molecule has 0 aromatic heterocycles. The molecule has 0 nitrogen and oxygen atoms in total. The first-order chi connectivity index (χ1) is 31.4. The van der Waals surface area contributed by atoms with Gasteiger partial charge in [0, 0.05) is 0 Å². The van der Waals surface area contributed by atoms with Crippen molar-refractivity contribution in [1.29, 1.82) is 0 Å². The quantitative estimate of drug-likeness (QED) is 0.0275. The van der Waals surface area contributed by atoms with Crippen molar-refractivity contribution in [2.45, 2.75) is 144 Å². The summed E-state index contributed by atoms with van der Waals surface area (Å²) in [7, 11) is 0.128. The summed E-state index contributed by atoms with van der Waals surface area (Å²) in [6, 6.07) is 53.3. The molecule has 8 aromatic rings.